The van der Waals surface area contributed by atoms with Crippen LogP contribution in [0.1, 0.15) is 33.1 Å². The second kappa shape index (κ2) is 8.48. The van der Waals surface area contributed by atoms with E-state index in [4.69, 9.17) is 4.74 Å². The number of piperidine rings is 1. The lowest BCUT2D eigenvalue weighted by atomic mass is 9.99. The molecule has 0 aromatic carbocycles. The van der Waals surface area contributed by atoms with Crippen LogP contribution in [-0.4, -0.2) is 50.2 Å². The molecule has 0 spiro atoms. The molecule has 1 aliphatic heterocycles. The minimum atomic E-state index is 0.131. The normalized spacial score (nSPS) is 20.2. The molecule has 1 aliphatic rings. The molecule has 4 heteroatoms. The number of carbonyl (C=O) groups is 1. The Labute approximate surface area is 105 Å². The summed E-state index contributed by atoms with van der Waals surface area (Å²) in [5, 5.41) is 3.39. The maximum Gasteiger partial charge on any atom is 0.248 e. The fraction of sp³-hybridized carbons (Fsp3) is 0.923. The highest BCUT2D eigenvalue weighted by Gasteiger charge is 2.19. The zero-order valence-corrected chi connectivity index (χ0v) is 11.2. The van der Waals surface area contributed by atoms with Gasteiger partial charge in [-0.05, 0) is 45.2 Å². The average molecular weight is 242 g/mol. The lowest BCUT2D eigenvalue weighted by Gasteiger charge is -2.29. The largest absolute Gasteiger partial charge is 0.372 e. The van der Waals surface area contributed by atoms with E-state index >= 15 is 0 Å². The quantitative estimate of drug-likeness (QED) is 0.683. The van der Waals surface area contributed by atoms with Gasteiger partial charge in [-0.15, -0.1) is 0 Å². The van der Waals surface area contributed by atoms with Crippen LogP contribution in [0.15, 0.2) is 0 Å². The molecule has 17 heavy (non-hydrogen) atoms. The van der Waals surface area contributed by atoms with Gasteiger partial charge in [0.2, 0.25) is 5.91 Å². The van der Waals surface area contributed by atoms with Gasteiger partial charge in [-0.3, -0.25) is 4.79 Å². The van der Waals surface area contributed by atoms with Crippen molar-refractivity contribution in [2.24, 2.45) is 5.92 Å². The SMILES string of the molecule is CCCOCC(=O)N(CC)CC1CCCNC1. The smallest absolute Gasteiger partial charge is 0.248 e. The minimum Gasteiger partial charge on any atom is -0.372 e. The van der Waals surface area contributed by atoms with Gasteiger partial charge in [0.05, 0.1) is 0 Å². The second-order valence-corrected chi connectivity index (χ2v) is 4.70. The highest BCUT2D eigenvalue weighted by atomic mass is 16.5. The maximum atomic E-state index is 11.9. The second-order valence-electron chi connectivity index (χ2n) is 4.70. The molecule has 1 amide bonds. The van der Waals surface area contributed by atoms with Gasteiger partial charge in [-0.1, -0.05) is 6.92 Å². The predicted octanol–water partition coefficient (Wildman–Crippen LogP) is 1.26. The number of ether oxygens (including phenoxy) is 1. The van der Waals surface area contributed by atoms with E-state index in [2.05, 4.69) is 12.2 Å². The van der Waals surface area contributed by atoms with Crippen molar-refractivity contribution in [3.05, 3.63) is 0 Å². The summed E-state index contributed by atoms with van der Waals surface area (Å²) in [6.07, 6.45) is 3.42. The van der Waals surface area contributed by atoms with Gasteiger partial charge in [0.15, 0.2) is 0 Å². The van der Waals surface area contributed by atoms with E-state index in [0.29, 0.717) is 12.5 Å². The van der Waals surface area contributed by atoms with Crippen LogP contribution in [0, 0.1) is 5.92 Å². The summed E-state index contributed by atoms with van der Waals surface area (Å²) < 4.78 is 5.31. The van der Waals surface area contributed by atoms with Crippen molar-refractivity contribution in [2.75, 3.05) is 39.4 Å². The topological polar surface area (TPSA) is 41.6 Å². The molecule has 1 heterocycles. The summed E-state index contributed by atoms with van der Waals surface area (Å²) in [7, 11) is 0. The number of amides is 1. The first-order valence-electron chi connectivity index (χ1n) is 6.84. The van der Waals surface area contributed by atoms with Crippen molar-refractivity contribution in [3.8, 4) is 0 Å². The first-order chi connectivity index (χ1) is 8.27. The Bertz CT molecular complexity index is 215. The number of nitrogens with one attached hydrogen (secondary N) is 1. The Morgan fingerprint density at radius 3 is 2.88 bits per heavy atom. The number of nitrogens with zero attached hydrogens (tertiary/aromatic N) is 1. The van der Waals surface area contributed by atoms with E-state index in [-0.39, 0.29) is 12.5 Å². The summed E-state index contributed by atoms with van der Waals surface area (Å²) >= 11 is 0. The van der Waals surface area contributed by atoms with Gasteiger partial charge >= 0.3 is 0 Å². The standard InChI is InChI=1S/C13H26N2O2/c1-3-8-17-11-13(16)15(4-2)10-12-6-5-7-14-9-12/h12,14H,3-11H2,1-2H3. The zero-order chi connectivity index (χ0) is 12.5. The molecule has 0 aromatic heterocycles. The molecule has 1 unspecified atom stereocenters. The van der Waals surface area contributed by atoms with Gasteiger partial charge < -0.3 is 15.0 Å². The van der Waals surface area contributed by atoms with E-state index in [1.807, 2.05) is 11.8 Å². The molecule has 0 aliphatic carbocycles. The fourth-order valence-electron chi connectivity index (χ4n) is 2.19. The van der Waals surface area contributed by atoms with Crippen molar-refractivity contribution in [3.63, 3.8) is 0 Å². The summed E-state index contributed by atoms with van der Waals surface area (Å²) in [4.78, 5) is 13.8. The van der Waals surface area contributed by atoms with E-state index in [0.717, 1.165) is 32.6 Å². The number of carbonyl (C=O) groups excluding carboxylic acids is 1. The van der Waals surface area contributed by atoms with Crippen LogP contribution in [0.25, 0.3) is 0 Å². The Balaban J connectivity index is 2.27. The third-order valence-electron chi connectivity index (χ3n) is 3.19. The molecule has 1 rings (SSSR count). The third-order valence-corrected chi connectivity index (χ3v) is 3.19. The molecule has 100 valence electrons. The molecule has 1 saturated heterocycles. The molecule has 1 atom stereocenters. The van der Waals surface area contributed by atoms with E-state index in [9.17, 15) is 4.79 Å². The van der Waals surface area contributed by atoms with Crippen LogP contribution >= 0.6 is 0 Å². The van der Waals surface area contributed by atoms with Gasteiger partial charge in [0.1, 0.15) is 6.61 Å². The number of rotatable bonds is 7. The number of hydrogen-bond acceptors (Lipinski definition) is 3. The molecule has 1 N–H and O–H groups in total. The van der Waals surface area contributed by atoms with Crippen molar-refractivity contribution in [2.45, 2.75) is 33.1 Å². The van der Waals surface area contributed by atoms with Crippen molar-refractivity contribution in [1.29, 1.82) is 0 Å². The van der Waals surface area contributed by atoms with E-state index < -0.39 is 0 Å². The highest BCUT2D eigenvalue weighted by molar-refractivity contribution is 5.77. The van der Waals surface area contributed by atoms with Gasteiger partial charge in [0.25, 0.3) is 0 Å². The third kappa shape index (κ3) is 5.50. The van der Waals surface area contributed by atoms with Crippen LogP contribution in [0.3, 0.4) is 0 Å². The predicted molar refractivity (Wildman–Crippen MR) is 69.0 cm³/mol. The van der Waals surface area contributed by atoms with Crippen LogP contribution in [-0.2, 0) is 9.53 Å². The Morgan fingerprint density at radius 1 is 1.47 bits per heavy atom. The lowest BCUT2D eigenvalue weighted by molar-refractivity contribution is -0.136. The van der Waals surface area contributed by atoms with Crippen LogP contribution < -0.4 is 5.32 Å². The van der Waals surface area contributed by atoms with Crippen LogP contribution in [0.2, 0.25) is 0 Å². The van der Waals surface area contributed by atoms with Gasteiger partial charge in [-0.25, -0.2) is 0 Å². The minimum absolute atomic E-state index is 0.131. The van der Waals surface area contributed by atoms with Crippen molar-refractivity contribution >= 4 is 5.91 Å². The van der Waals surface area contributed by atoms with Crippen molar-refractivity contribution < 1.29 is 9.53 Å². The van der Waals surface area contributed by atoms with Crippen molar-refractivity contribution in [1.82, 2.24) is 10.2 Å². The van der Waals surface area contributed by atoms with Crippen LogP contribution in [0.4, 0.5) is 0 Å². The molecule has 0 saturated carbocycles. The fourth-order valence-corrected chi connectivity index (χ4v) is 2.19. The Morgan fingerprint density at radius 2 is 2.29 bits per heavy atom. The molecular weight excluding hydrogens is 216 g/mol. The van der Waals surface area contributed by atoms with E-state index in [1.165, 1.54) is 12.8 Å². The maximum absolute atomic E-state index is 11.9. The highest BCUT2D eigenvalue weighted by Crippen LogP contribution is 2.11. The first kappa shape index (κ1) is 14.5. The summed E-state index contributed by atoms with van der Waals surface area (Å²) in [5.41, 5.74) is 0. The molecule has 0 aromatic rings. The zero-order valence-electron chi connectivity index (χ0n) is 11.2. The Hall–Kier alpha value is -0.610. The molecule has 1 fully saturated rings. The average Bonchev–Trinajstić information content (AvgIpc) is 2.37. The van der Waals surface area contributed by atoms with E-state index in [1.54, 1.807) is 0 Å². The Kier molecular flexibility index (Phi) is 7.21. The van der Waals surface area contributed by atoms with Gasteiger partial charge in [-0.2, -0.15) is 0 Å². The molecule has 4 nitrogen and oxygen atoms in total. The number of hydrogen-bond donors (Lipinski definition) is 1. The first-order valence-corrected chi connectivity index (χ1v) is 6.84. The van der Waals surface area contributed by atoms with Crippen LogP contribution in [0.5, 0.6) is 0 Å². The lowest BCUT2D eigenvalue weighted by Crippen LogP contribution is -2.42. The van der Waals surface area contributed by atoms with Gasteiger partial charge in [0, 0.05) is 19.7 Å². The summed E-state index contributed by atoms with van der Waals surface area (Å²) in [6.45, 7) is 8.82. The molecule has 0 bridgehead atoms. The molecular formula is C13H26N2O2. The molecule has 0 radical (unpaired) electrons. The summed E-state index contributed by atoms with van der Waals surface area (Å²) in [6, 6.07) is 0. The monoisotopic (exact) mass is 242 g/mol. The number of likely N-dealkylation sites (N-methyl/N-ethyl adjacent to an activating group) is 1. The summed E-state index contributed by atoms with van der Waals surface area (Å²) in [5.74, 6) is 0.741.